The third-order valence-corrected chi connectivity index (χ3v) is 6.21. The lowest BCUT2D eigenvalue weighted by atomic mass is 10.1. The van der Waals surface area contributed by atoms with Gasteiger partial charge in [0.25, 0.3) is 0 Å². The fraction of sp³-hybridized carbons (Fsp3) is 0.161. The van der Waals surface area contributed by atoms with E-state index in [0.29, 0.717) is 42.8 Å². The van der Waals surface area contributed by atoms with Crippen molar-refractivity contribution in [1.29, 1.82) is 0 Å². The van der Waals surface area contributed by atoms with Gasteiger partial charge in [-0.15, -0.1) is 0 Å². The van der Waals surface area contributed by atoms with E-state index in [9.17, 15) is 22.4 Å². The highest BCUT2D eigenvalue weighted by Crippen LogP contribution is 2.40. The number of methoxy groups -OCH3 is 1. The van der Waals surface area contributed by atoms with Crippen molar-refractivity contribution < 1.29 is 41.3 Å². The molecule has 13 heteroatoms. The highest BCUT2D eigenvalue weighted by molar-refractivity contribution is 5.99. The summed E-state index contributed by atoms with van der Waals surface area (Å²) in [6, 6.07) is 16.9. The molecule has 0 aliphatic carbocycles. The van der Waals surface area contributed by atoms with Crippen LogP contribution in [0.5, 0.6) is 23.0 Å². The van der Waals surface area contributed by atoms with Gasteiger partial charge >= 0.3 is 12.2 Å². The third kappa shape index (κ3) is 7.62. The van der Waals surface area contributed by atoms with Gasteiger partial charge in [-0.1, -0.05) is 0 Å². The van der Waals surface area contributed by atoms with Crippen LogP contribution in [-0.2, 0) is 22.4 Å². The molecular weight excluding hydrogens is 584 g/mol. The Labute approximate surface area is 248 Å². The maximum atomic E-state index is 13.7. The van der Waals surface area contributed by atoms with Crippen LogP contribution in [0.15, 0.2) is 91.3 Å². The van der Waals surface area contributed by atoms with E-state index >= 15 is 0 Å². The number of alkyl halides is 3. The van der Waals surface area contributed by atoms with Crippen molar-refractivity contribution in [3.05, 3.63) is 103 Å². The zero-order chi connectivity index (χ0) is 31.1. The number of hydrogen-bond donors (Lipinski definition) is 2. The molecule has 0 unspecified atom stereocenters. The van der Waals surface area contributed by atoms with E-state index in [1.54, 1.807) is 43.6 Å². The Hall–Kier alpha value is -5.14. The molecule has 5 aromatic rings. The molecule has 5 rings (SSSR count). The van der Waals surface area contributed by atoms with Crippen LogP contribution in [0.2, 0.25) is 0 Å². The molecule has 0 aliphatic heterocycles. The SMILES string of the molecule is COCCOCn1ccc2c(Oc3ccc(NC(=O)Nc4ccc(Oc5ccc(F)cc5)c(C(F)(F)F)c4)cc3)ccnc21. The van der Waals surface area contributed by atoms with Crippen LogP contribution < -0.4 is 20.1 Å². The zero-order valence-electron chi connectivity index (χ0n) is 23.2. The number of anilines is 2. The predicted octanol–water partition coefficient (Wildman–Crippen LogP) is 8.04. The predicted molar refractivity (Wildman–Crippen MR) is 155 cm³/mol. The summed E-state index contributed by atoms with van der Waals surface area (Å²) in [5.41, 5.74) is -0.167. The number of hydrogen-bond acceptors (Lipinski definition) is 6. The van der Waals surface area contributed by atoms with E-state index in [2.05, 4.69) is 15.6 Å². The summed E-state index contributed by atoms with van der Waals surface area (Å²) in [5.74, 6) is 0.0283. The molecule has 0 aliphatic rings. The topological polar surface area (TPSA) is 95.9 Å². The lowest BCUT2D eigenvalue weighted by Gasteiger charge is -2.16. The molecule has 0 saturated carbocycles. The molecule has 2 aromatic heterocycles. The molecule has 0 bridgehead atoms. The smallest absolute Gasteiger partial charge is 0.420 e. The molecule has 3 aromatic carbocycles. The monoisotopic (exact) mass is 610 g/mol. The lowest BCUT2D eigenvalue weighted by Crippen LogP contribution is -2.20. The molecule has 0 spiro atoms. The number of benzene rings is 3. The number of ether oxygens (including phenoxy) is 4. The third-order valence-electron chi connectivity index (χ3n) is 6.21. The molecule has 0 saturated heterocycles. The van der Waals surface area contributed by atoms with Gasteiger partial charge in [0.15, 0.2) is 0 Å². The van der Waals surface area contributed by atoms with E-state index in [4.69, 9.17) is 18.9 Å². The van der Waals surface area contributed by atoms with Gasteiger partial charge in [0.2, 0.25) is 0 Å². The van der Waals surface area contributed by atoms with Crippen molar-refractivity contribution in [2.24, 2.45) is 0 Å². The van der Waals surface area contributed by atoms with Crippen LogP contribution in [0.3, 0.4) is 0 Å². The normalized spacial score (nSPS) is 11.4. The van der Waals surface area contributed by atoms with E-state index < -0.39 is 29.3 Å². The van der Waals surface area contributed by atoms with E-state index in [-0.39, 0.29) is 11.4 Å². The largest absolute Gasteiger partial charge is 0.457 e. The van der Waals surface area contributed by atoms with Crippen molar-refractivity contribution in [2.45, 2.75) is 12.9 Å². The molecule has 228 valence electrons. The molecule has 2 heterocycles. The highest BCUT2D eigenvalue weighted by Gasteiger charge is 2.35. The van der Waals surface area contributed by atoms with Crippen LogP contribution in [0.1, 0.15) is 5.56 Å². The number of halogens is 4. The maximum Gasteiger partial charge on any atom is 0.420 e. The average Bonchev–Trinajstić information content (AvgIpc) is 3.42. The molecule has 0 atom stereocenters. The molecule has 2 N–H and O–H groups in total. The number of rotatable bonds is 11. The Bertz CT molecular complexity index is 1720. The van der Waals surface area contributed by atoms with Gasteiger partial charge in [-0.25, -0.2) is 14.2 Å². The first-order valence-electron chi connectivity index (χ1n) is 13.2. The van der Waals surface area contributed by atoms with Gasteiger partial charge in [-0.05, 0) is 78.9 Å². The van der Waals surface area contributed by atoms with Crippen molar-refractivity contribution in [1.82, 2.24) is 9.55 Å². The number of nitrogens with one attached hydrogen (secondary N) is 2. The van der Waals surface area contributed by atoms with Gasteiger partial charge in [0.05, 0.1) is 18.6 Å². The fourth-order valence-corrected chi connectivity index (χ4v) is 4.14. The Morgan fingerprint density at radius 3 is 2.20 bits per heavy atom. The molecule has 0 radical (unpaired) electrons. The summed E-state index contributed by atoms with van der Waals surface area (Å²) < 4.78 is 78.1. The van der Waals surface area contributed by atoms with Gasteiger partial charge < -0.3 is 34.1 Å². The summed E-state index contributed by atoms with van der Waals surface area (Å²) in [5, 5.41) is 5.73. The van der Waals surface area contributed by atoms with Crippen molar-refractivity contribution in [3.63, 3.8) is 0 Å². The van der Waals surface area contributed by atoms with Crippen molar-refractivity contribution >= 4 is 28.4 Å². The van der Waals surface area contributed by atoms with Gasteiger partial charge in [-0.3, -0.25) is 0 Å². The first-order valence-corrected chi connectivity index (χ1v) is 13.2. The minimum Gasteiger partial charge on any atom is -0.457 e. The van der Waals surface area contributed by atoms with E-state index in [0.717, 1.165) is 29.7 Å². The maximum absolute atomic E-state index is 13.7. The van der Waals surface area contributed by atoms with Crippen LogP contribution >= 0.6 is 0 Å². The van der Waals surface area contributed by atoms with Gasteiger partial charge in [0, 0.05) is 30.9 Å². The second-order valence-corrected chi connectivity index (χ2v) is 9.33. The van der Waals surface area contributed by atoms with Crippen molar-refractivity contribution in [3.8, 4) is 23.0 Å². The second-order valence-electron chi connectivity index (χ2n) is 9.33. The molecule has 0 fully saturated rings. The highest BCUT2D eigenvalue weighted by atomic mass is 19.4. The lowest BCUT2D eigenvalue weighted by molar-refractivity contribution is -0.138. The van der Waals surface area contributed by atoms with Gasteiger partial charge in [0.1, 0.15) is 46.8 Å². The minimum absolute atomic E-state index is 0.0258. The Morgan fingerprint density at radius 2 is 1.50 bits per heavy atom. The second kappa shape index (κ2) is 13.4. The van der Waals surface area contributed by atoms with Crippen LogP contribution in [0, 0.1) is 5.82 Å². The van der Waals surface area contributed by atoms with Crippen LogP contribution in [0.25, 0.3) is 11.0 Å². The average molecular weight is 611 g/mol. The van der Waals surface area contributed by atoms with E-state index in [1.165, 1.54) is 18.2 Å². The summed E-state index contributed by atoms with van der Waals surface area (Å²) in [6.07, 6.45) is -1.32. The summed E-state index contributed by atoms with van der Waals surface area (Å²) >= 11 is 0. The Balaban J connectivity index is 1.21. The summed E-state index contributed by atoms with van der Waals surface area (Å²) in [6.45, 7) is 1.23. The summed E-state index contributed by atoms with van der Waals surface area (Å²) in [4.78, 5) is 17.0. The van der Waals surface area contributed by atoms with E-state index in [1.807, 2.05) is 16.8 Å². The number of aromatic nitrogens is 2. The van der Waals surface area contributed by atoms with Gasteiger partial charge in [-0.2, -0.15) is 13.2 Å². The number of urea groups is 1. The quantitative estimate of drug-likeness (QED) is 0.116. The van der Waals surface area contributed by atoms with Crippen LogP contribution in [-0.4, -0.2) is 35.9 Å². The Morgan fingerprint density at radius 1 is 0.841 bits per heavy atom. The standard InChI is InChI=1S/C31H26F4N4O5/c1-41-16-17-42-19-39-15-13-25-27(12-14-36-29(25)39)43-24-9-4-21(5-10-24)37-30(40)38-22-6-11-28(26(18-22)31(33,34)35)44-23-7-2-20(32)3-8-23/h2-15,18H,16-17,19H2,1H3,(H2,37,38,40). The Kier molecular flexibility index (Phi) is 9.26. The molecular formula is C31H26F4N4O5. The zero-order valence-corrected chi connectivity index (χ0v) is 23.2. The number of amides is 2. The first-order chi connectivity index (χ1) is 21.2. The van der Waals surface area contributed by atoms with Crippen LogP contribution in [0.4, 0.5) is 33.7 Å². The number of carbonyl (C=O) groups is 1. The summed E-state index contributed by atoms with van der Waals surface area (Å²) in [7, 11) is 1.60. The number of pyridine rings is 1. The number of nitrogens with zero attached hydrogens (tertiary/aromatic N) is 2. The number of carbonyl (C=O) groups excluding carboxylic acids is 1. The molecule has 9 nitrogen and oxygen atoms in total. The number of fused-ring (bicyclic) bond motifs is 1. The molecule has 2 amide bonds. The minimum atomic E-state index is -4.78. The fourth-order valence-electron chi connectivity index (χ4n) is 4.14. The van der Waals surface area contributed by atoms with Crippen molar-refractivity contribution in [2.75, 3.05) is 31.0 Å². The molecule has 44 heavy (non-hydrogen) atoms. The first kappa shape index (κ1) is 30.3.